The molecule has 1 aliphatic rings. The minimum absolute atomic E-state index is 0.538. The van der Waals surface area contributed by atoms with Gasteiger partial charge in [0, 0.05) is 23.5 Å². The van der Waals surface area contributed by atoms with Crippen LogP contribution in [-0.2, 0) is 4.74 Å². The molecule has 4 N–H and O–H groups in total. The number of nitrogens with one attached hydrogen (secondary N) is 1. The second-order valence-electron chi connectivity index (χ2n) is 7.07. The normalized spacial score (nSPS) is 25.0. The average Bonchev–Trinajstić information content (AvgIpc) is 3.30. The van der Waals surface area contributed by atoms with Gasteiger partial charge in [0.1, 0.15) is 42.2 Å². The molecule has 0 unspecified atom stereocenters. The van der Waals surface area contributed by atoms with E-state index in [0.29, 0.717) is 22.1 Å². The van der Waals surface area contributed by atoms with E-state index in [1.807, 2.05) is 12.3 Å². The number of benzene rings is 1. The molecule has 0 saturated carbocycles. The number of halogens is 1. The number of aromatic nitrogens is 3. The van der Waals surface area contributed by atoms with Crippen LogP contribution in [0.2, 0.25) is 5.02 Å². The van der Waals surface area contributed by atoms with Gasteiger partial charge >= 0.3 is 0 Å². The van der Waals surface area contributed by atoms with Gasteiger partial charge in [0.25, 0.3) is 0 Å². The first kappa shape index (κ1) is 21.4. The molecule has 1 saturated heterocycles. The summed E-state index contributed by atoms with van der Waals surface area (Å²) in [6.07, 6.45) is -0.351. The predicted molar refractivity (Wildman–Crippen MR) is 117 cm³/mol. The van der Waals surface area contributed by atoms with Crippen LogP contribution >= 0.6 is 23.4 Å². The van der Waals surface area contributed by atoms with Crippen LogP contribution in [0.5, 0.6) is 0 Å². The summed E-state index contributed by atoms with van der Waals surface area (Å²) in [5.74, 6) is 1.63. The van der Waals surface area contributed by atoms with Crippen molar-refractivity contribution >= 4 is 40.2 Å². The molecule has 0 aliphatic carbocycles. The number of fused-ring (bicyclic) bond motifs is 1. The molecule has 30 heavy (non-hydrogen) atoms. The van der Waals surface area contributed by atoms with Gasteiger partial charge in [-0.25, -0.2) is 9.97 Å². The van der Waals surface area contributed by atoms with E-state index in [1.165, 1.54) is 6.33 Å². The highest BCUT2D eigenvalue weighted by atomic mass is 35.5. The standard InChI is InChI=1S/C20H23ClN4O4S/c1-30-9-7-22-18-13-6-8-25(19(13)24-10-23-18)20-16(28)15(27)17(29-20)14(26)11-2-4-12(21)5-3-11/h2-6,8,10,14-17,20,26-28H,7,9H2,1H3,(H,22,23,24)/t14-,15+,16-,17-,20-/m1/s1. The lowest BCUT2D eigenvalue weighted by atomic mass is 9.99. The maximum Gasteiger partial charge on any atom is 0.164 e. The van der Waals surface area contributed by atoms with Crippen LogP contribution in [0.4, 0.5) is 5.82 Å². The first-order chi connectivity index (χ1) is 14.5. The zero-order valence-corrected chi connectivity index (χ0v) is 17.8. The van der Waals surface area contributed by atoms with Crippen molar-refractivity contribution in [2.24, 2.45) is 0 Å². The smallest absolute Gasteiger partial charge is 0.164 e. The number of anilines is 1. The Hall–Kier alpha value is -1.88. The van der Waals surface area contributed by atoms with Crippen molar-refractivity contribution < 1.29 is 20.1 Å². The number of nitrogens with zero attached hydrogens (tertiary/aromatic N) is 3. The van der Waals surface area contributed by atoms with E-state index >= 15 is 0 Å². The van der Waals surface area contributed by atoms with Gasteiger partial charge in [0.05, 0.1) is 5.39 Å². The second-order valence-corrected chi connectivity index (χ2v) is 8.49. The summed E-state index contributed by atoms with van der Waals surface area (Å²) in [7, 11) is 0. The van der Waals surface area contributed by atoms with Gasteiger partial charge < -0.3 is 29.9 Å². The summed E-state index contributed by atoms with van der Waals surface area (Å²) < 4.78 is 7.57. The predicted octanol–water partition coefficient (Wildman–Crippen LogP) is 2.21. The maximum atomic E-state index is 10.7. The van der Waals surface area contributed by atoms with Gasteiger partial charge in [-0.3, -0.25) is 0 Å². The number of hydrogen-bond donors (Lipinski definition) is 4. The monoisotopic (exact) mass is 450 g/mol. The molecule has 3 aromatic rings. The van der Waals surface area contributed by atoms with Gasteiger partial charge in [-0.2, -0.15) is 11.8 Å². The Balaban J connectivity index is 1.59. The zero-order chi connectivity index (χ0) is 21.3. The third kappa shape index (κ3) is 4.01. The molecule has 5 atom stereocenters. The van der Waals surface area contributed by atoms with Crippen LogP contribution < -0.4 is 5.32 Å². The zero-order valence-electron chi connectivity index (χ0n) is 16.2. The molecule has 160 valence electrons. The minimum atomic E-state index is -1.28. The largest absolute Gasteiger partial charge is 0.387 e. The molecule has 0 radical (unpaired) electrons. The van der Waals surface area contributed by atoms with Crippen LogP contribution in [0.15, 0.2) is 42.9 Å². The highest BCUT2D eigenvalue weighted by Gasteiger charge is 2.47. The summed E-state index contributed by atoms with van der Waals surface area (Å²) >= 11 is 7.63. The fourth-order valence-electron chi connectivity index (χ4n) is 3.61. The highest BCUT2D eigenvalue weighted by Crippen LogP contribution is 2.38. The van der Waals surface area contributed by atoms with Crippen molar-refractivity contribution in [1.82, 2.24) is 14.5 Å². The van der Waals surface area contributed by atoms with E-state index in [-0.39, 0.29) is 0 Å². The number of ether oxygens (including phenoxy) is 1. The third-order valence-corrected chi connectivity index (χ3v) is 6.04. The molecule has 1 aromatic carbocycles. The SMILES string of the molecule is CSCCNc1ncnc2c1ccn2[C@@H]1O[C@H]([C@H](O)c2ccc(Cl)cc2)[C@@H](O)[C@H]1O. The molecule has 0 bridgehead atoms. The van der Waals surface area contributed by atoms with Gasteiger partial charge in [0.2, 0.25) is 0 Å². The Morgan fingerprint density at radius 2 is 1.97 bits per heavy atom. The number of aliphatic hydroxyl groups is 3. The Bertz CT molecular complexity index is 1000. The van der Waals surface area contributed by atoms with Crippen molar-refractivity contribution in [3.63, 3.8) is 0 Å². The van der Waals surface area contributed by atoms with Gasteiger partial charge in [-0.1, -0.05) is 23.7 Å². The number of thioether (sulfide) groups is 1. The quantitative estimate of drug-likeness (QED) is 0.405. The molecule has 10 heteroatoms. The number of rotatable bonds is 7. The van der Waals surface area contributed by atoms with Crippen molar-refractivity contribution in [3.05, 3.63) is 53.4 Å². The molecule has 1 fully saturated rings. The summed E-state index contributed by atoms with van der Waals surface area (Å²) in [4.78, 5) is 8.62. The van der Waals surface area contributed by atoms with Crippen LogP contribution in [0.25, 0.3) is 11.0 Å². The molecule has 0 spiro atoms. The lowest BCUT2D eigenvalue weighted by Crippen LogP contribution is -2.34. The van der Waals surface area contributed by atoms with Gasteiger partial charge in [0.15, 0.2) is 6.23 Å². The first-order valence-corrected chi connectivity index (χ1v) is 11.3. The maximum absolute atomic E-state index is 10.7. The molecular weight excluding hydrogens is 428 g/mol. The molecular formula is C20H23ClN4O4S. The average molecular weight is 451 g/mol. The minimum Gasteiger partial charge on any atom is -0.387 e. The van der Waals surface area contributed by atoms with Crippen molar-refractivity contribution in [2.45, 2.75) is 30.6 Å². The fourth-order valence-corrected chi connectivity index (χ4v) is 4.05. The third-order valence-electron chi connectivity index (χ3n) is 5.18. The lowest BCUT2D eigenvalue weighted by Gasteiger charge is -2.21. The van der Waals surface area contributed by atoms with Gasteiger partial charge in [-0.05, 0) is 30.0 Å². The molecule has 2 aromatic heterocycles. The van der Waals surface area contributed by atoms with E-state index in [4.69, 9.17) is 16.3 Å². The Morgan fingerprint density at radius 3 is 2.70 bits per heavy atom. The summed E-state index contributed by atoms with van der Waals surface area (Å²) in [6.45, 7) is 0.759. The number of aliphatic hydroxyl groups excluding tert-OH is 3. The van der Waals surface area contributed by atoms with Gasteiger partial charge in [-0.15, -0.1) is 0 Å². The Kier molecular flexibility index (Phi) is 6.47. The molecule has 3 heterocycles. The Morgan fingerprint density at radius 1 is 1.20 bits per heavy atom. The molecule has 4 rings (SSSR count). The van der Waals surface area contributed by atoms with E-state index in [2.05, 4.69) is 15.3 Å². The van der Waals surface area contributed by atoms with E-state index in [0.717, 1.165) is 17.7 Å². The van der Waals surface area contributed by atoms with Crippen molar-refractivity contribution in [2.75, 3.05) is 23.9 Å². The summed E-state index contributed by atoms with van der Waals surface area (Å²) in [6, 6.07) is 8.46. The molecule has 1 aliphatic heterocycles. The van der Waals surface area contributed by atoms with E-state index in [1.54, 1.807) is 46.8 Å². The van der Waals surface area contributed by atoms with Crippen LogP contribution in [-0.4, -0.2) is 66.7 Å². The van der Waals surface area contributed by atoms with E-state index < -0.39 is 30.6 Å². The fraction of sp³-hybridized carbons (Fsp3) is 0.400. The first-order valence-electron chi connectivity index (χ1n) is 9.50. The topological polar surface area (TPSA) is 113 Å². The van der Waals surface area contributed by atoms with Crippen LogP contribution in [0.1, 0.15) is 17.9 Å². The highest BCUT2D eigenvalue weighted by molar-refractivity contribution is 7.98. The number of hydrogen-bond acceptors (Lipinski definition) is 8. The van der Waals surface area contributed by atoms with Crippen molar-refractivity contribution in [3.8, 4) is 0 Å². The second kappa shape index (κ2) is 9.09. The van der Waals surface area contributed by atoms with Crippen LogP contribution in [0.3, 0.4) is 0 Å². The van der Waals surface area contributed by atoms with Crippen molar-refractivity contribution in [1.29, 1.82) is 0 Å². The van der Waals surface area contributed by atoms with Crippen LogP contribution in [0, 0.1) is 0 Å². The Labute approximate surface area is 182 Å². The van der Waals surface area contributed by atoms with E-state index in [9.17, 15) is 15.3 Å². The molecule has 8 nitrogen and oxygen atoms in total. The molecule has 0 amide bonds. The summed E-state index contributed by atoms with van der Waals surface area (Å²) in [5, 5.41) is 36.5. The summed E-state index contributed by atoms with van der Waals surface area (Å²) in [5.41, 5.74) is 1.10. The lowest BCUT2D eigenvalue weighted by molar-refractivity contribution is -0.0848.